The van der Waals surface area contributed by atoms with Crippen LogP contribution in [0.5, 0.6) is 0 Å². The molecule has 0 atom stereocenters. The van der Waals surface area contributed by atoms with Crippen LogP contribution in [0.3, 0.4) is 0 Å². The van der Waals surface area contributed by atoms with Gasteiger partial charge in [0.25, 0.3) is 5.56 Å². The molecule has 22 heavy (non-hydrogen) atoms. The van der Waals surface area contributed by atoms with Crippen LogP contribution < -0.4 is 11.2 Å². The summed E-state index contributed by atoms with van der Waals surface area (Å²) < 4.78 is 6.06. The fourth-order valence-electron chi connectivity index (χ4n) is 2.44. The Morgan fingerprint density at radius 1 is 1.18 bits per heavy atom. The van der Waals surface area contributed by atoms with Gasteiger partial charge in [0.15, 0.2) is 11.2 Å². The predicted molar refractivity (Wildman–Crippen MR) is 81.9 cm³/mol. The highest BCUT2D eigenvalue weighted by atomic mass is 16.2. The van der Waals surface area contributed by atoms with Gasteiger partial charge in [-0.3, -0.25) is 18.6 Å². The lowest BCUT2D eigenvalue weighted by atomic mass is 10.4. The van der Waals surface area contributed by atoms with Crippen molar-refractivity contribution < 1.29 is 0 Å². The summed E-state index contributed by atoms with van der Waals surface area (Å²) in [6, 6.07) is 2.19. The molecule has 0 fully saturated rings. The van der Waals surface area contributed by atoms with Gasteiger partial charge in [-0.2, -0.15) is 5.10 Å². The van der Waals surface area contributed by atoms with Gasteiger partial charge in [-0.1, -0.05) is 0 Å². The van der Waals surface area contributed by atoms with Gasteiger partial charge in [0.2, 0.25) is 0 Å². The zero-order chi connectivity index (χ0) is 16.0. The SMILES string of the molecule is CC(C)n1ccc(Cn2cnc3c2c(=O)n(C)c(=O)n3C)n1. The van der Waals surface area contributed by atoms with Crippen LogP contribution in [-0.2, 0) is 20.6 Å². The Bertz CT molecular complexity index is 956. The fourth-order valence-corrected chi connectivity index (χ4v) is 2.44. The van der Waals surface area contributed by atoms with Crippen molar-refractivity contribution in [1.82, 2.24) is 28.5 Å². The van der Waals surface area contributed by atoms with E-state index in [0.29, 0.717) is 17.7 Å². The average molecular weight is 302 g/mol. The molecule has 116 valence electrons. The van der Waals surface area contributed by atoms with E-state index in [0.717, 1.165) is 10.3 Å². The van der Waals surface area contributed by atoms with Crippen LogP contribution in [0.2, 0.25) is 0 Å². The monoisotopic (exact) mass is 302 g/mol. The van der Waals surface area contributed by atoms with Crippen LogP contribution in [0.4, 0.5) is 0 Å². The first-order valence-corrected chi connectivity index (χ1v) is 7.05. The molecule has 0 unspecified atom stereocenters. The van der Waals surface area contributed by atoms with E-state index in [2.05, 4.69) is 23.9 Å². The van der Waals surface area contributed by atoms with Gasteiger partial charge >= 0.3 is 5.69 Å². The number of hydrogen-bond donors (Lipinski definition) is 0. The van der Waals surface area contributed by atoms with Crippen molar-refractivity contribution in [3.05, 3.63) is 45.1 Å². The molecule has 0 amide bonds. The van der Waals surface area contributed by atoms with Crippen molar-refractivity contribution in [3.8, 4) is 0 Å². The second kappa shape index (κ2) is 4.97. The van der Waals surface area contributed by atoms with E-state index in [1.165, 1.54) is 11.6 Å². The van der Waals surface area contributed by atoms with Crippen LogP contribution in [0, 0.1) is 0 Å². The van der Waals surface area contributed by atoms with Gasteiger partial charge in [-0.25, -0.2) is 9.78 Å². The maximum atomic E-state index is 12.4. The van der Waals surface area contributed by atoms with Gasteiger partial charge in [0, 0.05) is 26.3 Å². The molecule has 8 nitrogen and oxygen atoms in total. The van der Waals surface area contributed by atoms with E-state index < -0.39 is 0 Å². The molecule has 3 aromatic heterocycles. The zero-order valence-electron chi connectivity index (χ0n) is 13.0. The number of fused-ring (bicyclic) bond motifs is 1. The van der Waals surface area contributed by atoms with Crippen LogP contribution in [0.15, 0.2) is 28.2 Å². The largest absolute Gasteiger partial charge is 0.332 e. The third-order valence-electron chi connectivity index (χ3n) is 3.74. The van der Waals surface area contributed by atoms with Crippen molar-refractivity contribution in [1.29, 1.82) is 0 Å². The molecule has 3 aromatic rings. The molecule has 0 saturated heterocycles. The molecule has 0 spiro atoms. The van der Waals surface area contributed by atoms with E-state index in [4.69, 9.17) is 0 Å². The van der Waals surface area contributed by atoms with Gasteiger partial charge in [-0.05, 0) is 19.9 Å². The maximum absolute atomic E-state index is 12.4. The predicted octanol–water partition coefficient (Wildman–Crippen LogP) is 0.259. The summed E-state index contributed by atoms with van der Waals surface area (Å²) in [5.74, 6) is 0. The molecular weight excluding hydrogens is 284 g/mol. The molecular formula is C14H18N6O2. The van der Waals surface area contributed by atoms with Gasteiger partial charge in [0.05, 0.1) is 18.6 Å². The van der Waals surface area contributed by atoms with Gasteiger partial charge in [-0.15, -0.1) is 0 Å². The normalized spacial score (nSPS) is 11.7. The molecule has 8 heteroatoms. The molecule has 0 aromatic carbocycles. The zero-order valence-corrected chi connectivity index (χ0v) is 13.0. The third-order valence-corrected chi connectivity index (χ3v) is 3.74. The molecule has 0 aliphatic carbocycles. The minimum Gasteiger partial charge on any atom is -0.319 e. The van der Waals surface area contributed by atoms with E-state index in [9.17, 15) is 9.59 Å². The first kappa shape index (κ1) is 14.3. The summed E-state index contributed by atoms with van der Waals surface area (Å²) in [7, 11) is 3.07. The van der Waals surface area contributed by atoms with Crippen molar-refractivity contribution in [2.24, 2.45) is 14.1 Å². The Morgan fingerprint density at radius 3 is 2.55 bits per heavy atom. The van der Waals surface area contributed by atoms with E-state index >= 15 is 0 Å². The number of nitrogens with zero attached hydrogens (tertiary/aromatic N) is 6. The van der Waals surface area contributed by atoms with Crippen LogP contribution in [0.25, 0.3) is 11.2 Å². The molecule has 3 heterocycles. The van der Waals surface area contributed by atoms with Crippen LogP contribution >= 0.6 is 0 Å². The van der Waals surface area contributed by atoms with E-state index in [1.54, 1.807) is 17.9 Å². The first-order valence-electron chi connectivity index (χ1n) is 7.05. The number of imidazole rings is 1. The Hall–Kier alpha value is -2.64. The van der Waals surface area contributed by atoms with E-state index in [1.807, 2.05) is 16.9 Å². The quantitative estimate of drug-likeness (QED) is 0.695. The Balaban J connectivity index is 2.12. The fraction of sp³-hybridized carbons (Fsp3) is 0.429. The Labute approximate surface area is 126 Å². The van der Waals surface area contributed by atoms with Crippen LogP contribution in [-0.4, -0.2) is 28.5 Å². The molecule has 0 aliphatic heterocycles. The van der Waals surface area contributed by atoms with Gasteiger partial charge in [0.1, 0.15) is 0 Å². The minimum atomic E-state index is -0.383. The van der Waals surface area contributed by atoms with Crippen molar-refractivity contribution in [2.45, 2.75) is 26.4 Å². The highest BCUT2D eigenvalue weighted by Crippen LogP contribution is 2.10. The van der Waals surface area contributed by atoms with E-state index in [-0.39, 0.29) is 17.3 Å². The number of hydrogen-bond acceptors (Lipinski definition) is 4. The first-order chi connectivity index (χ1) is 10.4. The van der Waals surface area contributed by atoms with Crippen molar-refractivity contribution >= 4 is 11.2 Å². The molecule has 0 aliphatic rings. The highest BCUT2D eigenvalue weighted by molar-refractivity contribution is 5.70. The minimum absolute atomic E-state index is 0.280. The lowest BCUT2D eigenvalue weighted by Crippen LogP contribution is -2.37. The molecule has 0 radical (unpaired) electrons. The third kappa shape index (κ3) is 2.07. The maximum Gasteiger partial charge on any atom is 0.332 e. The summed E-state index contributed by atoms with van der Waals surface area (Å²) in [4.78, 5) is 28.5. The lowest BCUT2D eigenvalue weighted by molar-refractivity contribution is 0.524. The molecule has 0 N–H and O–H groups in total. The standard InChI is InChI=1S/C14H18N6O2/c1-9(2)20-6-5-10(16-20)7-19-8-15-12-11(19)13(21)18(4)14(22)17(12)3/h5-6,8-9H,7H2,1-4H3. The smallest absolute Gasteiger partial charge is 0.319 e. The molecule has 0 saturated carbocycles. The Kier molecular flexibility index (Phi) is 3.23. The molecule has 3 rings (SSSR count). The summed E-state index contributed by atoms with van der Waals surface area (Å²) in [5.41, 5.74) is 0.898. The Morgan fingerprint density at radius 2 is 1.91 bits per heavy atom. The average Bonchev–Trinajstić information content (AvgIpc) is 3.10. The number of rotatable bonds is 3. The summed E-state index contributed by atoms with van der Waals surface area (Å²) in [6.07, 6.45) is 3.48. The summed E-state index contributed by atoms with van der Waals surface area (Å²) in [5, 5.41) is 4.47. The van der Waals surface area contributed by atoms with Crippen molar-refractivity contribution in [2.75, 3.05) is 0 Å². The molecule has 0 bridgehead atoms. The second-order valence-corrected chi connectivity index (χ2v) is 5.63. The summed E-state index contributed by atoms with van der Waals surface area (Å²) in [6.45, 7) is 4.54. The number of aromatic nitrogens is 6. The second-order valence-electron chi connectivity index (χ2n) is 5.63. The number of aryl methyl sites for hydroxylation is 1. The highest BCUT2D eigenvalue weighted by Gasteiger charge is 2.15. The topological polar surface area (TPSA) is 79.6 Å². The summed E-state index contributed by atoms with van der Waals surface area (Å²) >= 11 is 0. The van der Waals surface area contributed by atoms with Gasteiger partial charge < -0.3 is 4.57 Å². The lowest BCUT2D eigenvalue weighted by Gasteiger charge is -2.06. The van der Waals surface area contributed by atoms with Crippen LogP contribution in [0.1, 0.15) is 25.6 Å². The van der Waals surface area contributed by atoms with Crippen molar-refractivity contribution in [3.63, 3.8) is 0 Å².